The molecule has 1 aliphatic rings. The molecule has 0 radical (unpaired) electrons. The molecule has 2 amide bonds. The van der Waals surface area contributed by atoms with Crippen LogP contribution in [0.3, 0.4) is 0 Å². The maximum absolute atomic E-state index is 12.3. The Morgan fingerprint density at radius 2 is 1.63 bits per heavy atom. The van der Waals surface area contributed by atoms with E-state index in [1.54, 1.807) is 0 Å². The number of hydrogen-bond acceptors (Lipinski definition) is 5. The molecule has 38 heavy (non-hydrogen) atoms. The number of piperidine rings is 1. The Hall–Kier alpha value is -3.87. The van der Waals surface area contributed by atoms with Crippen molar-refractivity contribution in [1.29, 1.82) is 0 Å². The highest BCUT2D eigenvalue weighted by atomic mass is 16.6. The number of benzene rings is 2. The minimum Gasteiger partial charge on any atom is -0.444 e. The highest BCUT2D eigenvalue weighted by Gasteiger charge is 2.26. The largest absolute Gasteiger partial charge is 0.444 e. The molecular formula is C31H38N4O3. The van der Waals surface area contributed by atoms with Crippen molar-refractivity contribution in [3.8, 4) is 11.1 Å². The number of amides is 2. The van der Waals surface area contributed by atoms with Gasteiger partial charge in [0.2, 0.25) is 5.91 Å². The van der Waals surface area contributed by atoms with Gasteiger partial charge in [-0.1, -0.05) is 48.5 Å². The molecule has 2 aromatic carbocycles. The summed E-state index contributed by atoms with van der Waals surface area (Å²) in [7, 11) is 0. The van der Waals surface area contributed by atoms with Crippen molar-refractivity contribution >= 4 is 17.7 Å². The van der Waals surface area contributed by atoms with Gasteiger partial charge in [-0.25, -0.2) is 4.79 Å². The zero-order valence-corrected chi connectivity index (χ0v) is 22.6. The standard InChI is InChI=1S/C31H38N4O3/c1-31(2,3)38-30(37)35-17-15-24(16-18-35)20-32-27-12-9-25(10-13-27)26-11-14-28(33-22-26)19-29(36)34-21-23-7-5-4-6-8-23/h4-14,22,24,32H,15-21H2,1-3H3,(H,34,36). The van der Waals surface area contributed by atoms with Crippen molar-refractivity contribution < 1.29 is 14.3 Å². The number of likely N-dealkylation sites (tertiary alicyclic amines) is 1. The quantitative estimate of drug-likeness (QED) is 0.405. The zero-order valence-electron chi connectivity index (χ0n) is 22.6. The summed E-state index contributed by atoms with van der Waals surface area (Å²) >= 11 is 0. The highest BCUT2D eigenvalue weighted by molar-refractivity contribution is 5.78. The van der Waals surface area contributed by atoms with Gasteiger partial charge in [0.25, 0.3) is 0 Å². The molecule has 7 heteroatoms. The molecule has 4 rings (SSSR count). The lowest BCUT2D eigenvalue weighted by Crippen LogP contribution is -2.42. The van der Waals surface area contributed by atoms with E-state index in [0.717, 1.165) is 60.5 Å². The van der Waals surface area contributed by atoms with Crippen LogP contribution in [0.2, 0.25) is 0 Å². The van der Waals surface area contributed by atoms with Crippen molar-refractivity contribution in [3.05, 3.63) is 84.2 Å². The van der Waals surface area contributed by atoms with Crippen LogP contribution in [0.15, 0.2) is 72.9 Å². The van der Waals surface area contributed by atoms with E-state index in [4.69, 9.17) is 4.74 Å². The predicted molar refractivity (Wildman–Crippen MR) is 151 cm³/mol. The van der Waals surface area contributed by atoms with Crippen molar-refractivity contribution in [2.45, 2.75) is 52.2 Å². The molecule has 2 N–H and O–H groups in total. The second-order valence-electron chi connectivity index (χ2n) is 10.8. The van der Waals surface area contributed by atoms with Crippen LogP contribution in [0, 0.1) is 5.92 Å². The summed E-state index contributed by atoms with van der Waals surface area (Å²) in [6.07, 6.45) is 3.79. The predicted octanol–water partition coefficient (Wildman–Crippen LogP) is 5.67. The number of aromatic nitrogens is 1. The Bertz CT molecular complexity index is 1180. The molecule has 0 saturated carbocycles. The van der Waals surface area contributed by atoms with E-state index in [9.17, 15) is 9.59 Å². The Labute approximate surface area is 225 Å². The molecule has 0 bridgehead atoms. The normalized spacial score (nSPS) is 14.1. The number of carbonyl (C=O) groups excluding carboxylic acids is 2. The zero-order chi connectivity index (χ0) is 27.0. The van der Waals surface area contributed by atoms with Crippen molar-refractivity contribution in [2.75, 3.05) is 25.0 Å². The summed E-state index contributed by atoms with van der Waals surface area (Å²) in [5.74, 6) is 0.482. The van der Waals surface area contributed by atoms with Gasteiger partial charge in [0.05, 0.1) is 6.42 Å². The number of anilines is 1. The van der Waals surface area contributed by atoms with Crippen LogP contribution in [0.25, 0.3) is 11.1 Å². The van der Waals surface area contributed by atoms with Gasteiger partial charge in [-0.3, -0.25) is 9.78 Å². The molecule has 1 aliphatic heterocycles. The molecule has 200 valence electrons. The highest BCUT2D eigenvalue weighted by Crippen LogP contribution is 2.23. The Morgan fingerprint density at radius 1 is 0.947 bits per heavy atom. The first-order valence-corrected chi connectivity index (χ1v) is 13.3. The van der Waals surface area contributed by atoms with E-state index in [0.29, 0.717) is 12.5 Å². The number of hydrogen-bond donors (Lipinski definition) is 2. The lowest BCUT2D eigenvalue weighted by atomic mass is 9.97. The average molecular weight is 515 g/mol. The first-order valence-electron chi connectivity index (χ1n) is 13.3. The third kappa shape index (κ3) is 8.33. The topological polar surface area (TPSA) is 83.6 Å². The fourth-order valence-electron chi connectivity index (χ4n) is 4.41. The first-order chi connectivity index (χ1) is 18.2. The summed E-state index contributed by atoms with van der Waals surface area (Å²) < 4.78 is 5.49. The maximum Gasteiger partial charge on any atom is 0.410 e. The number of pyridine rings is 1. The lowest BCUT2D eigenvalue weighted by Gasteiger charge is -2.33. The van der Waals surface area contributed by atoms with Crippen molar-refractivity contribution in [3.63, 3.8) is 0 Å². The smallest absolute Gasteiger partial charge is 0.410 e. The van der Waals surface area contributed by atoms with Gasteiger partial charge in [0.1, 0.15) is 5.60 Å². The Morgan fingerprint density at radius 3 is 2.26 bits per heavy atom. The van der Waals surface area contributed by atoms with E-state index in [1.807, 2.05) is 74.3 Å². The van der Waals surface area contributed by atoms with Gasteiger partial charge >= 0.3 is 6.09 Å². The van der Waals surface area contributed by atoms with E-state index in [-0.39, 0.29) is 18.4 Å². The maximum atomic E-state index is 12.3. The van der Waals surface area contributed by atoms with Gasteiger partial charge in [0.15, 0.2) is 0 Å². The molecule has 0 aliphatic carbocycles. The van der Waals surface area contributed by atoms with Gasteiger partial charge < -0.3 is 20.3 Å². The fourth-order valence-corrected chi connectivity index (χ4v) is 4.41. The number of nitrogens with one attached hydrogen (secondary N) is 2. The van der Waals surface area contributed by atoms with Crippen molar-refractivity contribution in [1.82, 2.24) is 15.2 Å². The van der Waals surface area contributed by atoms with Crippen LogP contribution >= 0.6 is 0 Å². The third-order valence-corrected chi connectivity index (χ3v) is 6.58. The summed E-state index contributed by atoms with van der Waals surface area (Å²) in [5.41, 5.74) is 4.52. The Kier molecular flexibility index (Phi) is 9.00. The van der Waals surface area contributed by atoms with Gasteiger partial charge in [0, 0.05) is 49.3 Å². The monoisotopic (exact) mass is 514 g/mol. The number of rotatable bonds is 8. The van der Waals surface area contributed by atoms with Gasteiger partial charge in [-0.15, -0.1) is 0 Å². The summed E-state index contributed by atoms with van der Waals surface area (Å²) in [6.45, 7) is 8.55. The molecule has 0 spiro atoms. The number of carbonyl (C=O) groups is 2. The molecular weight excluding hydrogens is 476 g/mol. The second-order valence-corrected chi connectivity index (χ2v) is 10.8. The average Bonchev–Trinajstić information content (AvgIpc) is 2.91. The van der Waals surface area contributed by atoms with Gasteiger partial charge in [-0.2, -0.15) is 0 Å². The molecule has 2 heterocycles. The fraction of sp³-hybridized carbons (Fsp3) is 0.387. The molecule has 0 unspecified atom stereocenters. The van der Waals surface area contributed by atoms with E-state index in [2.05, 4.69) is 39.9 Å². The minimum atomic E-state index is -0.459. The van der Waals surface area contributed by atoms with Crippen molar-refractivity contribution in [2.24, 2.45) is 5.92 Å². The molecule has 7 nitrogen and oxygen atoms in total. The van der Waals surface area contributed by atoms with Crippen LogP contribution in [0.4, 0.5) is 10.5 Å². The van der Waals surface area contributed by atoms with Crippen LogP contribution in [-0.2, 0) is 22.5 Å². The molecule has 1 saturated heterocycles. The molecule has 0 atom stereocenters. The molecule has 1 aromatic heterocycles. The van der Waals surface area contributed by atoms with E-state index >= 15 is 0 Å². The molecule has 3 aromatic rings. The Balaban J connectivity index is 1.20. The first kappa shape index (κ1) is 27.2. The lowest BCUT2D eigenvalue weighted by molar-refractivity contribution is -0.120. The third-order valence-electron chi connectivity index (χ3n) is 6.58. The summed E-state index contributed by atoms with van der Waals surface area (Å²) in [4.78, 5) is 30.8. The second kappa shape index (κ2) is 12.6. The van der Waals surface area contributed by atoms with Crippen LogP contribution < -0.4 is 10.6 Å². The van der Waals surface area contributed by atoms with Crippen LogP contribution in [0.5, 0.6) is 0 Å². The van der Waals surface area contributed by atoms with E-state index < -0.39 is 5.60 Å². The number of ether oxygens (including phenoxy) is 1. The summed E-state index contributed by atoms with van der Waals surface area (Å²) in [5, 5.41) is 6.48. The summed E-state index contributed by atoms with van der Waals surface area (Å²) in [6, 6.07) is 22.1. The minimum absolute atomic E-state index is 0.0416. The number of nitrogens with zero attached hydrogens (tertiary/aromatic N) is 2. The van der Waals surface area contributed by atoms with E-state index in [1.165, 1.54) is 0 Å². The van der Waals surface area contributed by atoms with Crippen LogP contribution in [0.1, 0.15) is 44.9 Å². The van der Waals surface area contributed by atoms with Gasteiger partial charge in [-0.05, 0) is 68.9 Å². The SMILES string of the molecule is CC(C)(C)OC(=O)N1CCC(CNc2ccc(-c3ccc(CC(=O)NCc4ccccc4)nc3)cc2)CC1. The van der Waals surface area contributed by atoms with Crippen LogP contribution in [-0.4, -0.2) is 47.1 Å². The molecule has 1 fully saturated rings.